The Labute approximate surface area is 363 Å². The largest absolute Gasteiger partial charge is 0.508 e. The lowest BCUT2D eigenvalue weighted by Gasteiger charge is -2.50. The average Bonchev–Trinajstić information content (AvgIpc) is 3.61. The summed E-state index contributed by atoms with van der Waals surface area (Å²) in [6.07, 6.45) is -3.16. The van der Waals surface area contributed by atoms with Gasteiger partial charge in [-0.3, -0.25) is 44.8 Å². The number of phenols is 1. The number of imide groups is 2. The van der Waals surface area contributed by atoms with Crippen LogP contribution in [0.5, 0.6) is 11.5 Å². The smallest absolute Gasteiger partial charge is 0.417 e. The van der Waals surface area contributed by atoms with Crippen molar-refractivity contribution >= 4 is 75.4 Å². The van der Waals surface area contributed by atoms with Crippen molar-refractivity contribution in [3.05, 3.63) is 125 Å². The fourth-order valence-electron chi connectivity index (χ4n) is 9.73. The Kier molecular flexibility index (Phi) is 10.4. The first-order valence-electron chi connectivity index (χ1n) is 18.9. The zero-order valence-electron chi connectivity index (χ0n) is 32.9. The number of amides is 4. The molecule has 6 atom stereocenters. The molecular formula is C41H32Cl2F3N7O10. The first-order valence-corrected chi connectivity index (χ1v) is 19.7. The van der Waals surface area contributed by atoms with Gasteiger partial charge in [0, 0.05) is 55.0 Å². The van der Waals surface area contributed by atoms with Gasteiger partial charge in [-0.25, -0.2) is 9.88 Å². The number of anilines is 3. The van der Waals surface area contributed by atoms with E-state index in [9.17, 15) is 52.9 Å². The van der Waals surface area contributed by atoms with E-state index in [-0.39, 0.29) is 46.2 Å². The molecule has 3 fully saturated rings. The van der Waals surface area contributed by atoms with Gasteiger partial charge in [0.05, 0.1) is 56.4 Å². The lowest BCUT2D eigenvalue weighted by Crippen LogP contribution is -2.53. The molecule has 63 heavy (non-hydrogen) atoms. The Hall–Kier alpha value is -6.80. The van der Waals surface area contributed by atoms with Crippen molar-refractivity contribution in [1.29, 1.82) is 0 Å². The van der Waals surface area contributed by atoms with Crippen LogP contribution in [0, 0.1) is 43.9 Å². The molecule has 1 saturated carbocycles. The molecule has 4 amide bonds. The number of carbonyl (C=O) groups is 4. The number of nitrogens with zero attached hydrogens (tertiary/aromatic N) is 6. The third-order valence-electron chi connectivity index (χ3n) is 12.3. The van der Waals surface area contributed by atoms with E-state index in [2.05, 4.69) is 10.4 Å². The van der Waals surface area contributed by atoms with Crippen LogP contribution in [-0.4, -0.2) is 69.8 Å². The second-order valence-corrected chi connectivity index (χ2v) is 16.4. The molecule has 2 aliphatic heterocycles. The van der Waals surface area contributed by atoms with E-state index in [0.717, 1.165) is 17.0 Å². The standard InChI is InChI=1S/C41H32Cl2F3N7O10/c1-49(2)34-29(52(59)60)13-21(14-30(34)53(61)62)50-36(55)25-11-10-23-26(32(25)38(50)57)16-27-37(56)51(48-35-28(43)12-19(17-47-35)41(44,45)46)39(58)40(27,18-4-6-20(42)7-5-18)33(23)24-9-8-22(63-3)15-31(24)54/h4-10,12-15,17,25-27,32-33,54H,11,16H2,1-3H3,(H,47,48). The first-order chi connectivity index (χ1) is 29.7. The summed E-state index contributed by atoms with van der Waals surface area (Å²) in [7, 11) is 4.07. The minimum atomic E-state index is -4.83. The van der Waals surface area contributed by atoms with E-state index in [4.69, 9.17) is 27.9 Å². The highest BCUT2D eigenvalue weighted by molar-refractivity contribution is 6.33. The quantitative estimate of drug-likeness (QED) is 0.0736. The predicted octanol–water partition coefficient (Wildman–Crippen LogP) is 7.19. The number of benzene rings is 3. The van der Waals surface area contributed by atoms with Gasteiger partial charge in [0.2, 0.25) is 11.8 Å². The van der Waals surface area contributed by atoms with Gasteiger partial charge in [-0.2, -0.15) is 18.2 Å². The normalized spacial score (nSPS) is 24.1. The van der Waals surface area contributed by atoms with E-state index < -0.39 is 108 Å². The summed E-state index contributed by atoms with van der Waals surface area (Å²) in [5.41, 5.74) is -2.28. The van der Waals surface area contributed by atoms with Gasteiger partial charge < -0.3 is 14.7 Å². The van der Waals surface area contributed by atoms with Crippen LogP contribution in [0.1, 0.15) is 35.4 Å². The Morgan fingerprint density at radius 3 is 2.14 bits per heavy atom. The highest BCUT2D eigenvalue weighted by atomic mass is 35.5. The van der Waals surface area contributed by atoms with Gasteiger partial charge in [0.15, 0.2) is 11.5 Å². The molecule has 22 heteroatoms. The molecule has 3 aromatic carbocycles. The minimum absolute atomic E-state index is 0.0954. The summed E-state index contributed by atoms with van der Waals surface area (Å²) >= 11 is 12.6. The molecular weight excluding hydrogens is 878 g/mol. The number of hydrazine groups is 1. The van der Waals surface area contributed by atoms with Gasteiger partial charge in [-0.15, -0.1) is 0 Å². The molecule has 6 unspecified atom stereocenters. The van der Waals surface area contributed by atoms with Gasteiger partial charge in [-0.05, 0) is 48.6 Å². The third kappa shape index (κ3) is 6.57. The van der Waals surface area contributed by atoms with Crippen LogP contribution in [0.4, 0.5) is 41.7 Å². The monoisotopic (exact) mass is 909 g/mol. The number of aromatic hydroxyl groups is 1. The van der Waals surface area contributed by atoms with Crippen molar-refractivity contribution in [3.8, 4) is 11.5 Å². The number of hydrogen-bond acceptors (Lipinski definition) is 13. The number of carbonyl (C=O) groups excluding carboxylic acids is 4. The zero-order chi connectivity index (χ0) is 45.6. The van der Waals surface area contributed by atoms with Gasteiger partial charge >= 0.3 is 17.6 Å². The van der Waals surface area contributed by atoms with Crippen molar-refractivity contribution in [1.82, 2.24) is 9.99 Å². The van der Waals surface area contributed by atoms with Crippen molar-refractivity contribution < 1.29 is 52.0 Å². The van der Waals surface area contributed by atoms with Gasteiger partial charge in [-0.1, -0.05) is 53.1 Å². The molecule has 326 valence electrons. The van der Waals surface area contributed by atoms with Crippen LogP contribution in [-0.2, 0) is 30.8 Å². The number of methoxy groups -OCH3 is 1. The topological polar surface area (TPSA) is 219 Å². The SMILES string of the molecule is COc1ccc(C2C3=CCC4C(=O)N(c5cc([N+](=O)[O-])c(N(C)C)c([N+](=O)[O-])c5)C(=O)C4C3CC3C(=O)N(Nc4ncc(C(F)(F)F)cc4Cl)C(=O)C32c2ccc(Cl)cc2)c(O)c1. The molecule has 2 aliphatic carbocycles. The van der Waals surface area contributed by atoms with Crippen LogP contribution < -0.4 is 20.0 Å². The molecule has 3 heterocycles. The Morgan fingerprint density at radius 1 is 0.937 bits per heavy atom. The fourth-order valence-corrected chi connectivity index (χ4v) is 10.1. The number of pyridine rings is 1. The molecule has 0 bridgehead atoms. The Balaban J connectivity index is 1.31. The molecule has 4 aromatic rings. The summed E-state index contributed by atoms with van der Waals surface area (Å²) in [6.45, 7) is 0. The van der Waals surface area contributed by atoms with E-state index in [0.29, 0.717) is 27.7 Å². The number of rotatable bonds is 9. The van der Waals surface area contributed by atoms with Gasteiger partial charge in [0.1, 0.15) is 11.5 Å². The van der Waals surface area contributed by atoms with Crippen LogP contribution in [0.2, 0.25) is 10.0 Å². The summed E-state index contributed by atoms with van der Waals surface area (Å²) in [6, 6.07) is 12.6. The van der Waals surface area contributed by atoms with Gasteiger partial charge in [0.25, 0.3) is 11.8 Å². The number of nitrogens with one attached hydrogen (secondary N) is 1. The molecule has 2 N–H and O–H groups in total. The number of halogens is 5. The number of ether oxygens (including phenoxy) is 1. The number of fused-ring (bicyclic) bond motifs is 4. The maximum absolute atomic E-state index is 15.4. The number of phenolic OH excluding ortho intramolecular Hbond substituents is 1. The number of allylic oxidation sites excluding steroid dienone is 2. The molecule has 1 aromatic heterocycles. The van der Waals surface area contributed by atoms with E-state index >= 15 is 4.79 Å². The van der Waals surface area contributed by atoms with Crippen molar-refractivity contribution in [2.24, 2.45) is 23.7 Å². The van der Waals surface area contributed by atoms with Crippen LogP contribution in [0.25, 0.3) is 0 Å². The summed E-state index contributed by atoms with van der Waals surface area (Å²) in [5.74, 6) is -10.4. The number of nitro groups is 2. The molecule has 0 spiro atoms. The number of aromatic nitrogens is 1. The van der Waals surface area contributed by atoms with E-state index in [1.165, 1.54) is 63.7 Å². The predicted molar refractivity (Wildman–Crippen MR) is 218 cm³/mol. The third-order valence-corrected chi connectivity index (χ3v) is 12.8. The average molecular weight is 911 g/mol. The van der Waals surface area contributed by atoms with E-state index in [1.807, 2.05) is 0 Å². The lowest BCUT2D eigenvalue weighted by atomic mass is 9.49. The zero-order valence-corrected chi connectivity index (χ0v) is 34.4. The Morgan fingerprint density at radius 2 is 1.59 bits per heavy atom. The van der Waals surface area contributed by atoms with Crippen LogP contribution in [0.15, 0.2) is 78.5 Å². The van der Waals surface area contributed by atoms with Crippen molar-refractivity contribution in [2.45, 2.75) is 30.4 Å². The fraction of sp³-hybridized carbons (Fsp3) is 0.293. The summed E-state index contributed by atoms with van der Waals surface area (Å²) < 4.78 is 46.0. The van der Waals surface area contributed by atoms with Crippen molar-refractivity contribution in [2.75, 3.05) is 36.4 Å². The number of hydrogen-bond donors (Lipinski definition) is 2. The number of alkyl halides is 3. The maximum atomic E-state index is 15.4. The second-order valence-electron chi connectivity index (χ2n) is 15.6. The maximum Gasteiger partial charge on any atom is 0.417 e. The molecule has 4 aliphatic rings. The lowest BCUT2D eigenvalue weighted by molar-refractivity contribution is -0.392. The van der Waals surface area contributed by atoms with Crippen molar-refractivity contribution in [3.63, 3.8) is 0 Å². The minimum Gasteiger partial charge on any atom is -0.508 e. The van der Waals surface area contributed by atoms with Crippen LogP contribution in [0.3, 0.4) is 0 Å². The Bertz CT molecular complexity index is 2680. The van der Waals surface area contributed by atoms with E-state index in [1.54, 1.807) is 6.08 Å². The summed E-state index contributed by atoms with van der Waals surface area (Å²) in [4.78, 5) is 87.9. The highest BCUT2D eigenvalue weighted by Gasteiger charge is 2.71. The number of nitro benzene ring substituents is 2. The molecule has 2 saturated heterocycles. The summed E-state index contributed by atoms with van der Waals surface area (Å²) in [5, 5.41) is 36.5. The van der Waals surface area contributed by atoms with Crippen LogP contribution >= 0.6 is 23.2 Å². The first kappa shape index (κ1) is 42.9. The molecule has 8 rings (SSSR count). The molecule has 0 radical (unpaired) electrons. The highest BCUT2D eigenvalue weighted by Crippen LogP contribution is 2.65. The molecule has 17 nitrogen and oxygen atoms in total. The second kappa shape index (κ2) is 15.2.